The standard InChI is InChI=1S/C22H18F2O2/c1-2-3-7-17(23)8-6-15-22(16-11-13-18(24)14-12-16)20-10-5-4-9-19(20)21(25)26-22/h2,4-14H,1,3,15H2/b8-6-,17-7+. The first-order valence-electron chi connectivity index (χ1n) is 8.29. The lowest BCUT2D eigenvalue weighted by Crippen LogP contribution is -2.27. The fraction of sp³-hybridized carbons (Fsp3) is 0.136. The SMILES string of the molecule is C=CC/C=C(F)\C=C/CC1(c2ccc(F)cc2)OC(=O)c2ccccc21. The fourth-order valence-corrected chi connectivity index (χ4v) is 3.09. The van der Waals surface area contributed by atoms with E-state index in [0.717, 1.165) is 0 Å². The maximum atomic E-state index is 13.8. The molecule has 0 saturated heterocycles. The zero-order valence-corrected chi connectivity index (χ0v) is 14.1. The van der Waals surface area contributed by atoms with Crippen molar-refractivity contribution in [1.82, 2.24) is 0 Å². The topological polar surface area (TPSA) is 26.3 Å². The van der Waals surface area contributed by atoms with E-state index in [1.165, 1.54) is 24.3 Å². The number of esters is 1. The number of carbonyl (C=O) groups is 1. The number of hydrogen-bond acceptors (Lipinski definition) is 2. The molecule has 0 radical (unpaired) electrons. The molecule has 1 heterocycles. The summed E-state index contributed by atoms with van der Waals surface area (Å²) in [6.07, 6.45) is 6.62. The lowest BCUT2D eigenvalue weighted by molar-refractivity contribution is 0.0119. The summed E-state index contributed by atoms with van der Waals surface area (Å²) in [6.45, 7) is 3.54. The monoisotopic (exact) mass is 352 g/mol. The summed E-state index contributed by atoms with van der Waals surface area (Å²) in [5, 5.41) is 0. The zero-order valence-electron chi connectivity index (χ0n) is 14.1. The molecular weight excluding hydrogens is 334 g/mol. The number of cyclic esters (lactones) is 1. The van der Waals surface area contributed by atoms with Gasteiger partial charge < -0.3 is 4.74 Å². The largest absolute Gasteiger partial charge is 0.445 e. The molecule has 0 N–H and O–H groups in total. The highest BCUT2D eigenvalue weighted by Gasteiger charge is 2.45. The lowest BCUT2D eigenvalue weighted by atomic mass is 9.83. The van der Waals surface area contributed by atoms with Crippen molar-refractivity contribution in [2.45, 2.75) is 18.4 Å². The molecule has 0 spiro atoms. The molecule has 3 rings (SSSR count). The first-order valence-corrected chi connectivity index (χ1v) is 8.29. The molecule has 0 aromatic heterocycles. The van der Waals surface area contributed by atoms with Crippen LogP contribution in [0.25, 0.3) is 0 Å². The smallest absolute Gasteiger partial charge is 0.339 e. The fourth-order valence-electron chi connectivity index (χ4n) is 3.09. The highest BCUT2D eigenvalue weighted by molar-refractivity contribution is 5.95. The van der Waals surface area contributed by atoms with E-state index in [1.807, 2.05) is 6.07 Å². The number of ether oxygens (including phenoxy) is 1. The molecule has 0 bridgehead atoms. The minimum Gasteiger partial charge on any atom is -0.445 e. The Morgan fingerprint density at radius 3 is 2.62 bits per heavy atom. The van der Waals surface area contributed by atoms with Gasteiger partial charge in [-0.3, -0.25) is 0 Å². The van der Waals surface area contributed by atoms with E-state index in [0.29, 0.717) is 23.1 Å². The van der Waals surface area contributed by atoms with Crippen LogP contribution in [-0.4, -0.2) is 5.97 Å². The summed E-state index contributed by atoms with van der Waals surface area (Å²) in [5.41, 5.74) is 0.693. The Morgan fingerprint density at radius 2 is 1.88 bits per heavy atom. The summed E-state index contributed by atoms with van der Waals surface area (Å²) in [4.78, 5) is 12.3. The molecule has 132 valence electrons. The highest BCUT2D eigenvalue weighted by atomic mass is 19.1. The van der Waals surface area contributed by atoms with Crippen LogP contribution in [0.2, 0.25) is 0 Å². The molecule has 2 aromatic carbocycles. The summed E-state index contributed by atoms with van der Waals surface area (Å²) in [5.74, 6) is -1.21. The van der Waals surface area contributed by atoms with Crippen LogP contribution in [-0.2, 0) is 10.3 Å². The first kappa shape index (κ1) is 17.8. The molecule has 2 aromatic rings. The van der Waals surface area contributed by atoms with Gasteiger partial charge in [0.1, 0.15) is 11.6 Å². The quantitative estimate of drug-likeness (QED) is 0.383. The number of rotatable bonds is 6. The Morgan fingerprint density at radius 1 is 1.15 bits per heavy atom. The van der Waals surface area contributed by atoms with Gasteiger partial charge in [0.2, 0.25) is 0 Å². The van der Waals surface area contributed by atoms with Crippen LogP contribution in [0.1, 0.15) is 34.3 Å². The number of fused-ring (bicyclic) bond motifs is 1. The van der Waals surface area contributed by atoms with Crippen LogP contribution in [0.15, 0.2) is 85.2 Å². The van der Waals surface area contributed by atoms with Gasteiger partial charge in [0.25, 0.3) is 0 Å². The molecule has 1 aliphatic heterocycles. The average molecular weight is 352 g/mol. The Labute approximate surface area is 151 Å². The highest BCUT2D eigenvalue weighted by Crippen LogP contribution is 2.44. The second-order valence-corrected chi connectivity index (χ2v) is 5.99. The van der Waals surface area contributed by atoms with Crippen molar-refractivity contribution < 1.29 is 18.3 Å². The van der Waals surface area contributed by atoms with Crippen LogP contribution in [0.3, 0.4) is 0 Å². The van der Waals surface area contributed by atoms with Crippen LogP contribution < -0.4 is 0 Å². The van der Waals surface area contributed by atoms with E-state index in [1.54, 1.807) is 42.5 Å². The zero-order chi connectivity index (χ0) is 18.6. The Kier molecular flexibility index (Phi) is 5.12. The first-order chi connectivity index (χ1) is 12.6. The molecule has 1 atom stereocenters. The molecule has 1 unspecified atom stereocenters. The van der Waals surface area contributed by atoms with E-state index >= 15 is 0 Å². The van der Waals surface area contributed by atoms with Crippen molar-refractivity contribution in [2.75, 3.05) is 0 Å². The minimum atomic E-state index is -1.10. The molecule has 0 amide bonds. The molecule has 0 saturated carbocycles. The molecule has 1 aliphatic rings. The third-order valence-corrected chi connectivity index (χ3v) is 4.32. The van der Waals surface area contributed by atoms with Gasteiger partial charge in [0.15, 0.2) is 5.60 Å². The summed E-state index contributed by atoms with van der Waals surface area (Å²) in [6, 6.07) is 12.9. The van der Waals surface area contributed by atoms with E-state index in [-0.39, 0.29) is 12.2 Å². The second kappa shape index (κ2) is 7.48. The molecule has 4 heteroatoms. The normalized spacial score (nSPS) is 19.5. The van der Waals surface area contributed by atoms with Gasteiger partial charge in [-0.15, -0.1) is 6.58 Å². The van der Waals surface area contributed by atoms with Gasteiger partial charge in [0.05, 0.1) is 5.56 Å². The van der Waals surface area contributed by atoms with Crippen molar-refractivity contribution in [3.8, 4) is 0 Å². The molecule has 2 nitrogen and oxygen atoms in total. The van der Waals surface area contributed by atoms with Gasteiger partial charge in [0, 0.05) is 17.5 Å². The van der Waals surface area contributed by atoms with Crippen molar-refractivity contribution in [3.63, 3.8) is 0 Å². The maximum absolute atomic E-state index is 13.8. The number of hydrogen-bond donors (Lipinski definition) is 0. The third-order valence-electron chi connectivity index (χ3n) is 4.32. The molecule has 0 aliphatic carbocycles. The predicted octanol–water partition coefficient (Wildman–Crippen LogP) is 5.62. The Hall–Kier alpha value is -3.01. The van der Waals surface area contributed by atoms with Crippen molar-refractivity contribution in [3.05, 3.63) is 108 Å². The maximum Gasteiger partial charge on any atom is 0.339 e. The summed E-state index contributed by atoms with van der Waals surface area (Å²) >= 11 is 0. The van der Waals surface area contributed by atoms with Crippen molar-refractivity contribution in [2.24, 2.45) is 0 Å². The van der Waals surface area contributed by atoms with E-state index in [9.17, 15) is 13.6 Å². The van der Waals surface area contributed by atoms with Crippen molar-refractivity contribution in [1.29, 1.82) is 0 Å². The minimum absolute atomic E-state index is 0.233. The molecule has 26 heavy (non-hydrogen) atoms. The Balaban J connectivity index is 2.02. The average Bonchev–Trinajstić information content (AvgIpc) is 2.94. The molecular formula is C22H18F2O2. The van der Waals surface area contributed by atoms with Gasteiger partial charge in [-0.25, -0.2) is 13.6 Å². The van der Waals surface area contributed by atoms with Crippen LogP contribution in [0.4, 0.5) is 8.78 Å². The van der Waals surface area contributed by atoms with Crippen LogP contribution in [0.5, 0.6) is 0 Å². The van der Waals surface area contributed by atoms with E-state index in [2.05, 4.69) is 6.58 Å². The number of benzene rings is 2. The lowest BCUT2D eigenvalue weighted by Gasteiger charge is -2.28. The van der Waals surface area contributed by atoms with Gasteiger partial charge in [-0.2, -0.15) is 0 Å². The summed E-state index contributed by atoms with van der Waals surface area (Å²) in [7, 11) is 0. The van der Waals surface area contributed by atoms with Gasteiger partial charge >= 0.3 is 5.97 Å². The van der Waals surface area contributed by atoms with Crippen LogP contribution >= 0.6 is 0 Å². The molecule has 0 fully saturated rings. The van der Waals surface area contributed by atoms with E-state index in [4.69, 9.17) is 4.74 Å². The Bertz CT molecular complexity index is 881. The summed E-state index contributed by atoms with van der Waals surface area (Å²) < 4.78 is 32.9. The van der Waals surface area contributed by atoms with Gasteiger partial charge in [-0.1, -0.05) is 42.5 Å². The van der Waals surface area contributed by atoms with Crippen molar-refractivity contribution >= 4 is 5.97 Å². The van der Waals surface area contributed by atoms with Gasteiger partial charge in [-0.05, 0) is 36.8 Å². The third kappa shape index (κ3) is 3.36. The predicted molar refractivity (Wildman–Crippen MR) is 96.8 cm³/mol. The van der Waals surface area contributed by atoms with E-state index < -0.39 is 17.4 Å². The number of carbonyl (C=O) groups excluding carboxylic acids is 1. The second-order valence-electron chi connectivity index (χ2n) is 5.99. The number of halogens is 2. The van der Waals surface area contributed by atoms with Crippen LogP contribution in [0, 0.1) is 5.82 Å². The number of allylic oxidation sites excluding steroid dienone is 4.